The van der Waals surface area contributed by atoms with Gasteiger partial charge in [0.05, 0.1) is 12.0 Å². The fourth-order valence-corrected chi connectivity index (χ4v) is 2.34. The summed E-state index contributed by atoms with van der Waals surface area (Å²) in [5.41, 5.74) is 8.25. The summed E-state index contributed by atoms with van der Waals surface area (Å²) in [6, 6.07) is 15.3. The van der Waals surface area contributed by atoms with Crippen LogP contribution in [0.15, 0.2) is 42.5 Å². The molecule has 1 unspecified atom stereocenters. The summed E-state index contributed by atoms with van der Waals surface area (Å²) in [4.78, 5) is 0. The third-order valence-electron chi connectivity index (χ3n) is 3.34. The van der Waals surface area contributed by atoms with Crippen LogP contribution in [0, 0.1) is 11.3 Å². The van der Waals surface area contributed by atoms with Crippen LogP contribution >= 0.6 is 0 Å². The van der Waals surface area contributed by atoms with Gasteiger partial charge in [-0.2, -0.15) is 5.26 Å². The van der Waals surface area contributed by atoms with Crippen LogP contribution in [0.5, 0.6) is 11.5 Å². The largest absolute Gasteiger partial charge is 0.486 e. The molecule has 100 valence electrons. The molecule has 0 bridgehead atoms. The molecule has 1 aliphatic rings. The molecular formula is C16H14N2O2. The Hall–Kier alpha value is -2.67. The molecule has 2 aromatic carbocycles. The van der Waals surface area contributed by atoms with Gasteiger partial charge in [0, 0.05) is 5.69 Å². The van der Waals surface area contributed by atoms with Crippen LogP contribution in [0.3, 0.4) is 0 Å². The van der Waals surface area contributed by atoms with E-state index >= 15 is 0 Å². The standard InChI is InChI=1S/C16H14N2O2/c17-10-13(12-3-1-2-4-14(12)18)11-5-6-15-16(9-11)20-8-7-19-15/h1-6,9,13H,7-8,18H2. The summed E-state index contributed by atoms with van der Waals surface area (Å²) in [5.74, 6) is 0.994. The molecule has 0 saturated heterocycles. The number of anilines is 1. The van der Waals surface area contributed by atoms with Crippen molar-refractivity contribution in [3.63, 3.8) is 0 Å². The average Bonchev–Trinajstić information content (AvgIpc) is 2.50. The smallest absolute Gasteiger partial charge is 0.161 e. The maximum absolute atomic E-state index is 9.48. The number of nitriles is 1. The van der Waals surface area contributed by atoms with E-state index in [0.29, 0.717) is 24.7 Å². The highest BCUT2D eigenvalue weighted by molar-refractivity contribution is 5.56. The van der Waals surface area contributed by atoms with Gasteiger partial charge in [0.25, 0.3) is 0 Å². The van der Waals surface area contributed by atoms with Crippen molar-refractivity contribution >= 4 is 5.69 Å². The summed E-state index contributed by atoms with van der Waals surface area (Å²) in [6.07, 6.45) is 0. The number of nitrogens with zero attached hydrogens (tertiary/aromatic N) is 1. The maximum Gasteiger partial charge on any atom is 0.161 e. The second-order valence-electron chi connectivity index (χ2n) is 4.59. The Labute approximate surface area is 117 Å². The molecule has 4 nitrogen and oxygen atoms in total. The molecule has 1 heterocycles. The molecule has 2 N–H and O–H groups in total. The van der Waals surface area contributed by atoms with Crippen LogP contribution in [0.4, 0.5) is 5.69 Å². The Bertz CT molecular complexity index is 676. The quantitative estimate of drug-likeness (QED) is 0.848. The van der Waals surface area contributed by atoms with Crippen LogP contribution in [0.2, 0.25) is 0 Å². The van der Waals surface area contributed by atoms with Crippen LogP contribution in [-0.4, -0.2) is 13.2 Å². The second kappa shape index (κ2) is 5.14. The van der Waals surface area contributed by atoms with Gasteiger partial charge in [-0.25, -0.2) is 0 Å². The number of nitrogen functional groups attached to an aromatic ring is 1. The van der Waals surface area contributed by atoms with Crippen molar-refractivity contribution in [3.05, 3.63) is 53.6 Å². The van der Waals surface area contributed by atoms with E-state index in [1.807, 2.05) is 36.4 Å². The van der Waals surface area contributed by atoms with Crippen LogP contribution < -0.4 is 15.2 Å². The molecule has 2 aromatic rings. The molecule has 0 amide bonds. The van der Waals surface area contributed by atoms with Gasteiger partial charge in [-0.1, -0.05) is 24.3 Å². The third-order valence-corrected chi connectivity index (χ3v) is 3.34. The van der Waals surface area contributed by atoms with E-state index in [0.717, 1.165) is 16.9 Å². The molecule has 0 aliphatic carbocycles. The van der Waals surface area contributed by atoms with Crippen LogP contribution in [-0.2, 0) is 0 Å². The van der Waals surface area contributed by atoms with Crippen molar-refractivity contribution in [2.24, 2.45) is 0 Å². The van der Waals surface area contributed by atoms with Crippen molar-refractivity contribution in [1.29, 1.82) is 5.26 Å². The number of benzene rings is 2. The Morgan fingerprint density at radius 3 is 2.55 bits per heavy atom. The van der Waals surface area contributed by atoms with E-state index in [-0.39, 0.29) is 0 Å². The Kier molecular flexibility index (Phi) is 3.18. The highest BCUT2D eigenvalue weighted by Crippen LogP contribution is 2.36. The molecule has 1 atom stereocenters. The molecule has 1 aliphatic heterocycles. The number of nitrogens with two attached hydrogens (primary N) is 1. The maximum atomic E-state index is 9.48. The lowest BCUT2D eigenvalue weighted by atomic mass is 9.91. The van der Waals surface area contributed by atoms with Crippen LogP contribution in [0.1, 0.15) is 17.0 Å². The zero-order valence-electron chi connectivity index (χ0n) is 10.9. The average molecular weight is 266 g/mol. The van der Waals surface area contributed by atoms with Gasteiger partial charge in [0.2, 0.25) is 0 Å². The first-order valence-corrected chi connectivity index (χ1v) is 6.43. The van der Waals surface area contributed by atoms with Crippen molar-refractivity contribution < 1.29 is 9.47 Å². The van der Waals surface area contributed by atoms with E-state index < -0.39 is 5.92 Å². The van der Waals surface area contributed by atoms with Crippen molar-refractivity contribution in [2.45, 2.75) is 5.92 Å². The first-order chi connectivity index (χ1) is 9.79. The number of hydrogen-bond acceptors (Lipinski definition) is 4. The van der Waals surface area contributed by atoms with E-state index in [1.54, 1.807) is 6.07 Å². The first kappa shape index (κ1) is 12.4. The van der Waals surface area contributed by atoms with Gasteiger partial charge in [-0.15, -0.1) is 0 Å². The zero-order valence-corrected chi connectivity index (χ0v) is 10.9. The van der Waals surface area contributed by atoms with Crippen molar-refractivity contribution in [1.82, 2.24) is 0 Å². The lowest BCUT2D eigenvalue weighted by molar-refractivity contribution is 0.171. The number of para-hydroxylation sites is 1. The molecule has 20 heavy (non-hydrogen) atoms. The van der Waals surface area contributed by atoms with Gasteiger partial charge in [0.15, 0.2) is 11.5 Å². The Morgan fingerprint density at radius 2 is 1.80 bits per heavy atom. The summed E-state index contributed by atoms with van der Waals surface area (Å²) in [7, 11) is 0. The molecule has 0 fully saturated rings. The van der Waals surface area contributed by atoms with Gasteiger partial charge < -0.3 is 15.2 Å². The molecule has 0 aromatic heterocycles. The van der Waals surface area contributed by atoms with Crippen LogP contribution in [0.25, 0.3) is 0 Å². The highest BCUT2D eigenvalue weighted by Gasteiger charge is 2.19. The minimum atomic E-state index is -0.410. The lowest BCUT2D eigenvalue weighted by Crippen LogP contribution is -2.15. The van der Waals surface area contributed by atoms with Crippen molar-refractivity contribution in [2.75, 3.05) is 18.9 Å². The SMILES string of the molecule is N#CC(c1ccc2c(c1)OCCO2)c1ccccc1N. The fraction of sp³-hybridized carbons (Fsp3) is 0.188. The number of hydrogen-bond donors (Lipinski definition) is 1. The van der Waals surface area contributed by atoms with Gasteiger partial charge in [-0.3, -0.25) is 0 Å². The van der Waals surface area contributed by atoms with Gasteiger partial charge in [-0.05, 0) is 29.3 Å². The minimum Gasteiger partial charge on any atom is -0.486 e. The zero-order chi connectivity index (χ0) is 13.9. The van der Waals surface area contributed by atoms with E-state index in [4.69, 9.17) is 15.2 Å². The second-order valence-corrected chi connectivity index (χ2v) is 4.59. The van der Waals surface area contributed by atoms with E-state index in [2.05, 4.69) is 6.07 Å². The molecule has 0 radical (unpaired) electrons. The van der Waals surface area contributed by atoms with Crippen molar-refractivity contribution in [3.8, 4) is 17.6 Å². The lowest BCUT2D eigenvalue weighted by Gasteiger charge is -2.20. The predicted octanol–water partition coefficient (Wildman–Crippen LogP) is 2.70. The van der Waals surface area contributed by atoms with E-state index in [9.17, 15) is 5.26 Å². The summed E-state index contributed by atoms with van der Waals surface area (Å²) >= 11 is 0. The summed E-state index contributed by atoms with van der Waals surface area (Å²) in [6.45, 7) is 1.08. The molecule has 0 saturated carbocycles. The molecule has 0 spiro atoms. The first-order valence-electron chi connectivity index (χ1n) is 6.43. The summed E-state index contributed by atoms with van der Waals surface area (Å²) < 4.78 is 11.0. The highest BCUT2D eigenvalue weighted by atomic mass is 16.6. The number of rotatable bonds is 2. The number of fused-ring (bicyclic) bond motifs is 1. The Morgan fingerprint density at radius 1 is 1.05 bits per heavy atom. The fourth-order valence-electron chi connectivity index (χ4n) is 2.34. The Balaban J connectivity index is 2.02. The molecule has 4 heteroatoms. The molecular weight excluding hydrogens is 252 g/mol. The minimum absolute atomic E-state index is 0.410. The van der Waals surface area contributed by atoms with Gasteiger partial charge in [0.1, 0.15) is 13.2 Å². The predicted molar refractivity (Wildman–Crippen MR) is 75.7 cm³/mol. The monoisotopic (exact) mass is 266 g/mol. The topological polar surface area (TPSA) is 68.3 Å². The van der Waals surface area contributed by atoms with Gasteiger partial charge >= 0.3 is 0 Å². The molecule has 3 rings (SSSR count). The normalized spacial score (nSPS) is 14.3. The summed E-state index contributed by atoms with van der Waals surface area (Å²) in [5, 5.41) is 9.48. The van der Waals surface area contributed by atoms with E-state index in [1.165, 1.54) is 0 Å². The number of ether oxygens (including phenoxy) is 2. The third kappa shape index (κ3) is 2.14.